The standard InChI is InChI=1S/C11H22OSi/c1-7-9-11(8-2)12-13(5,6)10(3)4/h10-11H,8H2,1-6H3. The van der Waals surface area contributed by atoms with Gasteiger partial charge in [-0.15, -0.1) is 5.92 Å². The van der Waals surface area contributed by atoms with Crippen molar-refractivity contribution in [2.75, 3.05) is 0 Å². The molecule has 2 heteroatoms. The van der Waals surface area contributed by atoms with Crippen LogP contribution in [-0.2, 0) is 4.43 Å². The van der Waals surface area contributed by atoms with E-state index < -0.39 is 8.32 Å². The molecule has 1 nitrogen and oxygen atoms in total. The molecule has 0 saturated heterocycles. The molecule has 0 heterocycles. The van der Waals surface area contributed by atoms with E-state index in [1.807, 2.05) is 6.92 Å². The average Bonchev–Trinajstić information content (AvgIpc) is 2.03. The van der Waals surface area contributed by atoms with Crippen molar-refractivity contribution in [3.63, 3.8) is 0 Å². The molecule has 0 radical (unpaired) electrons. The molecule has 0 fully saturated rings. The fraction of sp³-hybridized carbons (Fsp3) is 0.818. The van der Waals surface area contributed by atoms with E-state index in [0.29, 0.717) is 5.54 Å². The van der Waals surface area contributed by atoms with E-state index in [9.17, 15) is 0 Å². The summed E-state index contributed by atoms with van der Waals surface area (Å²) in [4.78, 5) is 0. The number of rotatable bonds is 4. The second-order valence-corrected chi connectivity index (χ2v) is 8.76. The Hall–Kier alpha value is -0.263. The van der Waals surface area contributed by atoms with Gasteiger partial charge >= 0.3 is 0 Å². The number of hydrogen-bond donors (Lipinski definition) is 0. The van der Waals surface area contributed by atoms with Crippen molar-refractivity contribution in [3.8, 4) is 11.8 Å². The van der Waals surface area contributed by atoms with Crippen molar-refractivity contribution in [1.29, 1.82) is 0 Å². The summed E-state index contributed by atoms with van der Waals surface area (Å²) >= 11 is 0. The van der Waals surface area contributed by atoms with Gasteiger partial charge in [-0.3, -0.25) is 0 Å². The predicted molar refractivity (Wildman–Crippen MR) is 61.2 cm³/mol. The summed E-state index contributed by atoms with van der Waals surface area (Å²) in [5.74, 6) is 6.03. The predicted octanol–water partition coefficient (Wildman–Crippen LogP) is 3.42. The van der Waals surface area contributed by atoms with Crippen LogP contribution in [0.25, 0.3) is 0 Å². The first-order valence-electron chi connectivity index (χ1n) is 5.04. The normalized spacial score (nSPS) is 13.8. The topological polar surface area (TPSA) is 9.23 Å². The van der Waals surface area contributed by atoms with E-state index in [1.165, 1.54) is 0 Å². The lowest BCUT2D eigenvalue weighted by molar-refractivity contribution is 0.239. The highest BCUT2D eigenvalue weighted by atomic mass is 28.4. The Kier molecular flexibility index (Phi) is 5.35. The lowest BCUT2D eigenvalue weighted by Gasteiger charge is -2.29. The molecule has 0 N–H and O–H groups in total. The maximum Gasteiger partial charge on any atom is 0.190 e. The van der Waals surface area contributed by atoms with Gasteiger partial charge in [0.05, 0.1) is 0 Å². The summed E-state index contributed by atoms with van der Waals surface area (Å²) in [6.45, 7) is 13.0. The SMILES string of the molecule is CC#CC(CC)O[Si](C)(C)C(C)C. The lowest BCUT2D eigenvalue weighted by Crippen LogP contribution is -2.37. The van der Waals surface area contributed by atoms with Crippen molar-refractivity contribution < 1.29 is 4.43 Å². The molecule has 0 aliphatic heterocycles. The smallest absolute Gasteiger partial charge is 0.190 e. The van der Waals surface area contributed by atoms with Crippen LogP contribution in [0.2, 0.25) is 18.6 Å². The number of hydrogen-bond acceptors (Lipinski definition) is 1. The molecule has 0 spiro atoms. The zero-order chi connectivity index (χ0) is 10.5. The van der Waals surface area contributed by atoms with E-state index in [0.717, 1.165) is 6.42 Å². The Bertz CT molecular complexity index is 198. The van der Waals surface area contributed by atoms with Crippen molar-refractivity contribution in [2.45, 2.75) is 58.9 Å². The van der Waals surface area contributed by atoms with Crippen molar-refractivity contribution in [2.24, 2.45) is 0 Å². The highest BCUT2D eigenvalue weighted by molar-refractivity contribution is 6.72. The molecule has 76 valence electrons. The summed E-state index contributed by atoms with van der Waals surface area (Å²) in [5.41, 5.74) is 0.653. The molecule has 0 amide bonds. The van der Waals surface area contributed by atoms with Gasteiger partial charge in [0.2, 0.25) is 0 Å². The molecule has 1 atom stereocenters. The van der Waals surface area contributed by atoms with Gasteiger partial charge in [0, 0.05) is 0 Å². The summed E-state index contributed by atoms with van der Waals surface area (Å²) in [6.07, 6.45) is 1.14. The van der Waals surface area contributed by atoms with Crippen LogP contribution in [0.3, 0.4) is 0 Å². The van der Waals surface area contributed by atoms with Crippen LogP contribution in [-0.4, -0.2) is 14.4 Å². The van der Waals surface area contributed by atoms with E-state index in [-0.39, 0.29) is 6.10 Å². The van der Waals surface area contributed by atoms with Gasteiger partial charge in [-0.25, -0.2) is 0 Å². The third-order valence-electron chi connectivity index (χ3n) is 2.51. The third kappa shape index (κ3) is 4.49. The fourth-order valence-electron chi connectivity index (χ4n) is 0.879. The van der Waals surface area contributed by atoms with Gasteiger partial charge in [-0.2, -0.15) is 0 Å². The molecule has 0 aromatic carbocycles. The van der Waals surface area contributed by atoms with Gasteiger partial charge < -0.3 is 4.43 Å². The zero-order valence-corrected chi connectivity index (χ0v) is 10.8. The quantitative estimate of drug-likeness (QED) is 0.497. The van der Waals surface area contributed by atoms with Crippen LogP contribution in [0.4, 0.5) is 0 Å². The van der Waals surface area contributed by atoms with E-state index >= 15 is 0 Å². The van der Waals surface area contributed by atoms with Crippen LogP contribution in [0, 0.1) is 11.8 Å². The highest BCUT2D eigenvalue weighted by Gasteiger charge is 2.29. The van der Waals surface area contributed by atoms with Crippen LogP contribution in [0.5, 0.6) is 0 Å². The molecule has 0 aromatic rings. The first-order chi connectivity index (χ1) is 5.94. The molecule has 0 aromatic heterocycles. The minimum atomic E-state index is -1.50. The van der Waals surface area contributed by atoms with Crippen LogP contribution in [0.15, 0.2) is 0 Å². The van der Waals surface area contributed by atoms with E-state index in [2.05, 4.69) is 45.7 Å². The molecule has 0 bridgehead atoms. The summed E-state index contributed by atoms with van der Waals surface area (Å²) in [5, 5.41) is 0. The van der Waals surface area contributed by atoms with Crippen molar-refractivity contribution in [3.05, 3.63) is 0 Å². The Morgan fingerprint density at radius 2 is 1.85 bits per heavy atom. The third-order valence-corrected chi connectivity index (χ3v) is 6.19. The Labute approximate surface area is 84.0 Å². The van der Waals surface area contributed by atoms with Gasteiger partial charge in [0.15, 0.2) is 8.32 Å². The van der Waals surface area contributed by atoms with Gasteiger partial charge in [-0.05, 0) is 32.0 Å². The first-order valence-corrected chi connectivity index (χ1v) is 8.02. The van der Waals surface area contributed by atoms with Crippen LogP contribution < -0.4 is 0 Å². The maximum atomic E-state index is 6.05. The zero-order valence-electron chi connectivity index (χ0n) is 9.77. The monoisotopic (exact) mass is 198 g/mol. The molecule has 0 saturated carbocycles. The second kappa shape index (κ2) is 5.46. The summed E-state index contributed by atoms with van der Waals surface area (Å²) in [7, 11) is -1.50. The Balaban J connectivity index is 4.27. The average molecular weight is 198 g/mol. The van der Waals surface area contributed by atoms with Gasteiger partial charge in [0.1, 0.15) is 6.10 Å². The molecular weight excluding hydrogens is 176 g/mol. The van der Waals surface area contributed by atoms with Crippen LogP contribution in [0.1, 0.15) is 34.1 Å². The fourth-order valence-corrected chi connectivity index (χ4v) is 2.11. The second-order valence-electron chi connectivity index (χ2n) is 4.17. The largest absolute Gasteiger partial charge is 0.404 e. The van der Waals surface area contributed by atoms with Crippen molar-refractivity contribution >= 4 is 8.32 Å². The molecule has 0 aliphatic carbocycles. The Morgan fingerprint density at radius 3 is 2.15 bits per heavy atom. The Morgan fingerprint density at radius 1 is 1.31 bits per heavy atom. The minimum Gasteiger partial charge on any atom is -0.404 e. The maximum absolute atomic E-state index is 6.05. The van der Waals surface area contributed by atoms with Crippen LogP contribution >= 0.6 is 0 Å². The summed E-state index contributed by atoms with van der Waals surface area (Å²) < 4.78 is 6.05. The molecule has 0 rings (SSSR count). The minimum absolute atomic E-state index is 0.147. The molecule has 13 heavy (non-hydrogen) atoms. The molecule has 0 aliphatic rings. The van der Waals surface area contributed by atoms with Crippen molar-refractivity contribution in [1.82, 2.24) is 0 Å². The van der Waals surface area contributed by atoms with Gasteiger partial charge in [0.25, 0.3) is 0 Å². The van der Waals surface area contributed by atoms with Gasteiger partial charge in [-0.1, -0.05) is 26.7 Å². The first kappa shape index (κ1) is 12.7. The molecular formula is C11H22OSi. The lowest BCUT2D eigenvalue weighted by atomic mass is 10.3. The molecule has 1 unspecified atom stereocenters. The summed E-state index contributed by atoms with van der Waals surface area (Å²) in [6, 6.07) is 0. The van der Waals surface area contributed by atoms with E-state index in [1.54, 1.807) is 0 Å². The highest BCUT2D eigenvalue weighted by Crippen LogP contribution is 2.23. The van der Waals surface area contributed by atoms with E-state index in [4.69, 9.17) is 4.43 Å².